The number of aliphatic hydroxyl groups is 1. The van der Waals surface area contributed by atoms with E-state index in [9.17, 15) is 4.79 Å². The number of H-pyrrole nitrogens is 1. The molecule has 0 aliphatic carbocycles. The highest BCUT2D eigenvalue weighted by atomic mass is 127. The standard InChI is InChI=1S/C11H9IN2O3/c12-9-10(16)13-6-14-11(9)17-8-4-2-1-3-7(8)5-15/h1-4,6,15H,5H2,(H,13,14,16). The molecule has 1 aromatic heterocycles. The molecule has 0 fully saturated rings. The summed E-state index contributed by atoms with van der Waals surface area (Å²) in [6.45, 7) is -0.129. The lowest BCUT2D eigenvalue weighted by Crippen LogP contribution is -2.11. The zero-order valence-corrected chi connectivity index (χ0v) is 10.8. The van der Waals surface area contributed by atoms with E-state index < -0.39 is 0 Å². The van der Waals surface area contributed by atoms with E-state index in [2.05, 4.69) is 9.97 Å². The Balaban J connectivity index is 2.38. The molecule has 5 nitrogen and oxygen atoms in total. The quantitative estimate of drug-likeness (QED) is 0.831. The van der Waals surface area contributed by atoms with Crippen LogP contribution in [0.2, 0.25) is 0 Å². The lowest BCUT2D eigenvalue weighted by atomic mass is 10.2. The fourth-order valence-electron chi connectivity index (χ4n) is 1.28. The Bertz CT molecular complexity index is 583. The van der Waals surface area contributed by atoms with Gasteiger partial charge in [0.25, 0.3) is 5.56 Å². The van der Waals surface area contributed by atoms with Crippen molar-refractivity contribution in [3.05, 3.63) is 50.1 Å². The molecule has 2 N–H and O–H groups in total. The summed E-state index contributed by atoms with van der Waals surface area (Å²) in [5.41, 5.74) is 0.391. The number of benzene rings is 1. The second-order valence-electron chi connectivity index (χ2n) is 3.22. The average molecular weight is 344 g/mol. The van der Waals surface area contributed by atoms with Gasteiger partial charge in [-0.25, -0.2) is 4.98 Å². The highest BCUT2D eigenvalue weighted by molar-refractivity contribution is 14.1. The number of nitrogens with one attached hydrogen (secondary N) is 1. The molecule has 0 radical (unpaired) electrons. The second kappa shape index (κ2) is 5.28. The largest absolute Gasteiger partial charge is 0.437 e. The van der Waals surface area contributed by atoms with Crippen LogP contribution in [0, 0.1) is 3.57 Å². The van der Waals surface area contributed by atoms with Crippen LogP contribution in [-0.4, -0.2) is 15.1 Å². The van der Waals surface area contributed by atoms with Crippen LogP contribution in [0.1, 0.15) is 5.56 Å². The van der Waals surface area contributed by atoms with Crippen LogP contribution < -0.4 is 10.3 Å². The van der Waals surface area contributed by atoms with E-state index in [0.717, 1.165) is 0 Å². The van der Waals surface area contributed by atoms with Crippen molar-refractivity contribution >= 4 is 22.6 Å². The molecular weight excluding hydrogens is 335 g/mol. The number of hydrogen-bond donors (Lipinski definition) is 2. The minimum atomic E-state index is -0.253. The third-order valence-corrected chi connectivity index (χ3v) is 3.07. The third kappa shape index (κ3) is 2.64. The minimum Gasteiger partial charge on any atom is -0.437 e. The number of aromatic amines is 1. The van der Waals surface area contributed by atoms with Gasteiger partial charge in [-0.05, 0) is 28.7 Å². The van der Waals surface area contributed by atoms with Crippen LogP contribution in [0.4, 0.5) is 0 Å². The van der Waals surface area contributed by atoms with Crippen molar-refractivity contribution in [2.24, 2.45) is 0 Å². The molecule has 0 bridgehead atoms. The minimum absolute atomic E-state index is 0.129. The Hall–Kier alpha value is -1.41. The number of para-hydroxylation sites is 1. The van der Waals surface area contributed by atoms with Crippen LogP contribution in [-0.2, 0) is 6.61 Å². The topological polar surface area (TPSA) is 75.2 Å². The first-order valence-corrected chi connectivity index (χ1v) is 5.90. The summed E-state index contributed by atoms with van der Waals surface area (Å²) < 4.78 is 5.89. The summed E-state index contributed by atoms with van der Waals surface area (Å²) in [4.78, 5) is 17.7. The van der Waals surface area contributed by atoms with Gasteiger partial charge < -0.3 is 14.8 Å². The van der Waals surface area contributed by atoms with Crippen LogP contribution in [0.25, 0.3) is 0 Å². The van der Waals surface area contributed by atoms with Gasteiger partial charge in [-0.2, -0.15) is 0 Å². The summed E-state index contributed by atoms with van der Waals surface area (Å²) in [6, 6.07) is 7.04. The van der Waals surface area contributed by atoms with Crippen molar-refractivity contribution in [3.63, 3.8) is 0 Å². The Morgan fingerprint density at radius 2 is 2.18 bits per heavy atom. The molecule has 1 aromatic carbocycles. The van der Waals surface area contributed by atoms with Gasteiger partial charge in [0.15, 0.2) is 0 Å². The molecule has 2 aromatic rings. The number of rotatable bonds is 3. The molecule has 88 valence electrons. The van der Waals surface area contributed by atoms with Gasteiger partial charge in [0.1, 0.15) is 9.32 Å². The third-order valence-electron chi connectivity index (χ3n) is 2.11. The zero-order valence-electron chi connectivity index (χ0n) is 8.68. The molecule has 0 amide bonds. The van der Waals surface area contributed by atoms with Gasteiger partial charge in [-0.3, -0.25) is 4.79 Å². The molecule has 0 atom stereocenters. The fourth-order valence-corrected chi connectivity index (χ4v) is 1.68. The van der Waals surface area contributed by atoms with E-state index in [0.29, 0.717) is 14.9 Å². The monoisotopic (exact) mass is 344 g/mol. The van der Waals surface area contributed by atoms with E-state index in [1.165, 1.54) is 6.33 Å². The molecule has 0 aliphatic heterocycles. The summed E-state index contributed by atoms with van der Waals surface area (Å²) in [5.74, 6) is 0.723. The van der Waals surface area contributed by atoms with Gasteiger partial charge in [-0.15, -0.1) is 0 Å². The van der Waals surface area contributed by atoms with E-state index in [1.807, 2.05) is 22.6 Å². The Labute approximate surface area is 111 Å². The molecule has 0 saturated heterocycles. The van der Waals surface area contributed by atoms with Crippen molar-refractivity contribution in [3.8, 4) is 11.6 Å². The van der Waals surface area contributed by atoms with E-state index in [1.54, 1.807) is 24.3 Å². The maximum Gasteiger partial charge on any atom is 0.268 e. The van der Waals surface area contributed by atoms with Crippen molar-refractivity contribution in [1.29, 1.82) is 0 Å². The van der Waals surface area contributed by atoms with Crippen LogP contribution >= 0.6 is 22.6 Å². The van der Waals surface area contributed by atoms with Gasteiger partial charge >= 0.3 is 0 Å². The van der Waals surface area contributed by atoms with Gasteiger partial charge in [-0.1, -0.05) is 18.2 Å². The predicted molar refractivity (Wildman–Crippen MR) is 70.0 cm³/mol. The number of aliphatic hydroxyl groups excluding tert-OH is 1. The Morgan fingerprint density at radius 1 is 1.41 bits per heavy atom. The molecule has 0 spiro atoms. The molecule has 1 heterocycles. The number of hydrogen-bond acceptors (Lipinski definition) is 4. The first-order chi connectivity index (χ1) is 8.22. The Morgan fingerprint density at radius 3 is 2.94 bits per heavy atom. The van der Waals surface area contributed by atoms with Gasteiger partial charge in [0, 0.05) is 5.56 Å². The molecule has 2 rings (SSSR count). The number of halogens is 1. The van der Waals surface area contributed by atoms with Gasteiger partial charge in [0.05, 0.1) is 12.9 Å². The molecule has 17 heavy (non-hydrogen) atoms. The highest BCUT2D eigenvalue weighted by Gasteiger charge is 2.09. The van der Waals surface area contributed by atoms with Gasteiger partial charge in [0.2, 0.25) is 5.88 Å². The van der Waals surface area contributed by atoms with E-state index in [-0.39, 0.29) is 18.0 Å². The molecule has 0 saturated carbocycles. The molecular formula is C11H9IN2O3. The number of aromatic nitrogens is 2. The van der Waals surface area contributed by atoms with Crippen molar-refractivity contribution in [2.45, 2.75) is 6.61 Å². The first kappa shape index (κ1) is 12.1. The normalized spacial score (nSPS) is 10.2. The Kier molecular flexibility index (Phi) is 3.75. The summed E-state index contributed by atoms with van der Waals surface area (Å²) >= 11 is 1.86. The molecule has 0 unspecified atom stereocenters. The maximum absolute atomic E-state index is 11.4. The lowest BCUT2D eigenvalue weighted by molar-refractivity contribution is 0.276. The predicted octanol–water partition coefficient (Wildman–Crippen LogP) is 1.66. The maximum atomic E-state index is 11.4. The summed E-state index contributed by atoms with van der Waals surface area (Å²) in [7, 11) is 0. The molecule has 6 heteroatoms. The SMILES string of the molecule is O=c1[nH]cnc(Oc2ccccc2CO)c1I. The van der Waals surface area contributed by atoms with Crippen molar-refractivity contribution < 1.29 is 9.84 Å². The number of ether oxygens (including phenoxy) is 1. The van der Waals surface area contributed by atoms with E-state index in [4.69, 9.17) is 9.84 Å². The van der Waals surface area contributed by atoms with E-state index >= 15 is 0 Å². The summed E-state index contributed by atoms with van der Waals surface area (Å²) in [5, 5.41) is 9.15. The number of nitrogens with zero attached hydrogens (tertiary/aromatic N) is 1. The van der Waals surface area contributed by atoms with Crippen LogP contribution in [0.3, 0.4) is 0 Å². The van der Waals surface area contributed by atoms with Crippen LogP contribution in [0.5, 0.6) is 11.6 Å². The summed E-state index contributed by atoms with van der Waals surface area (Å²) in [6.07, 6.45) is 1.28. The first-order valence-electron chi connectivity index (χ1n) is 4.82. The molecule has 0 aliphatic rings. The average Bonchev–Trinajstić information content (AvgIpc) is 2.35. The zero-order chi connectivity index (χ0) is 12.3. The van der Waals surface area contributed by atoms with Crippen LogP contribution in [0.15, 0.2) is 35.4 Å². The smallest absolute Gasteiger partial charge is 0.268 e. The highest BCUT2D eigenvalue weighted by Crippen LogP contribution is 2.25. The second-order valence-corrected chi connectivity index (χ2v) is 4.30. The van der Waals surface area contributed by atoms with Crippen molar-refractivity contribution in [2.75, 3.05) is 0 Å². The van der Waals surface area contributed by atoms with Crippen molar-refractivity contribution in [1.82, 2.24) is 9.97 Å². The fraction of sp³-hybridized carbons (Fsp3) is 0.0909. The lowest BCUT2D eigenvalue weighted by Gasteiger charge is -2.08.